The van der Waals surface area contributed by atoms with Gasteiger partial charge in [-0.1, -0.05) is 18.2 Å². The molecule has 1 aromatic carbocycles. The van der Waals surface area contributed by atoms with Gasteiger partial charge in [0.1, 0.15) is 0 Å². The average molecular weight is 455 g/mol. The van der Waals surface area contributed by atoms with Crippen molar-refractivity contribution >= 4 is 17.8 Å². The van der Waals surface area contributed by atoms with Crippen molar-refractivity contribution in [2.45, 2.75) is 50.6 Å². The van der Waals surface area contributed by atoms with E-state index < -0.39 is 11.5 Å². The van der Waals surface area contributed by atoms with Gasteiger partial charge in [-0.25, -0.2) is 4.79 Å². The number of hydrogen-bond donors (Lipinski definition) is 0. The number of carbonyl (C=O) groups excluding carboxylic acids is 3. The number of piperidine rings is 1. The van der Waals surface area contributed by atoms with Crippen LogP contribution >= 0.6 is 0 Å². The fraction of sp³-hybridized carbons (Fsp3) is 0.640. The molecule has 1 unspecified atom stereocenters. The molecule has 5 rings (SSSR count). The normalized spacial score (nSPS) is 24.7. The summed E-state index contributed by atoms with van der Waals surface area (Å²) < 4.78 is 5.39. The quantitative estimate of drug-likeness (QED) is 0.687. The monoisotopic (exact) mass is 454 g/mol. The van der Waals surface area contributed by atoms with Crippen LogP contribution in [0.1, 0.15) is 54.9 Å². The van der Waals surface area contributed by atoms with Gasteiger partial charge in [0.05, 0.1) is 24.7 Å². The molecule has 0 N–H and O–H groups in total. The SMILES string of the molecule is CC(C)N1C(=O)c2ccccc2C(C(=O)N2CCC2)C12CCN(C(=O)N1CCOCC1)CC2. The van der Waals surface area contributed by atoms with Crippen molar-refractivity contribution < 1.29 is 19.1 Å². The van der Waals surface area contributed by atoms with Crippen LogP contribution in [-0.2, 0) is 9.53 Å². The summed E-state index contributed by atoms with van der Waals surface area (Å²) in [5.74, 6) is -0.268. The molecule has 4 aliphatic rings. The molecule has 0 radical (unpaired) electrons. The molecule has 4 amide bonds. The minimum atomic E-state index is -0.617. The fourth-order valence-corrected chi connectivity index (χ4v) is 6.10. The smallest absolute Gasteiger partial charge is 0.320 e. The van der Waals surface area contributed by atoms with E-state index in [1.807, 2.05) is 57.7 Å². The molecular weight excluding hydrogens is 420 g/mol. The van der Waals surface area contributed by atoms with E-state index in [9.17, 15) is 14.4 Å². The van der Waals surface area contributed by atoms with E-state index in [1.54, 1.807) is 0 Å². The van der Waals surface area contributed by atoms with Gasteiger partial charge in [-0.15, -0.1) is 0 Å². The van der Waals surface area contributed by atoms with Crippen LogP contribution in [0.2, 0.25) is 0 Å². The minimum absolute atomic E-state index is 0.00113. The van der Waals surface area contributed by atoms with Gasteiger partial charge >= 0.3 is 6.03 Å². The second kappa shape index (κ2) is 8.63. The van der Waals surface area contributed by atoms with E-state index in [2.05, 4.69) is 0 Å². The Morgan fingerprint density at radius 2 is 1.58 bits per heavy atom. The predicted molar refractivity (Wildman–Crippen MR) is 123 cm³/mol. The van der Waals surface area contributed by atoms with Gasteiger partial charge < -0.3 is 24.3 Å². The highest BCUT2D eigenvalue weighted by molar-refractivity contribution is 6.02. The maximum Gasteiger partial charge on any atom is 0.320 e. The lowest BCUT2D eigenvalue weighted by molar-refractivity contribution is -0.142. The molecule has 3 fully saturated rings. The van der Waals surface area contributed by atoms with Gasteiger partial charge in [-0.3, -0.25) is 9.59 Å². The molecule has 4 aliphatic heterocycles. The zero-order valence-electron chi connectivity index (χ0n) is 19.7. The molecule has 8 nitrogen and oxygen atoms in total. The number of carbonyl (C=O) groups is 3. The summed E-state index contributed by atoms with van der Waals surface area (Å²) in [6.45, 7) is 9.08. The zero-order chi connectivity index (χ0) is 23.2. The third-order valence-corrected chi connectivity index (χ3v) is 7.85. The number of benzene rings is 1. The van der Waals surface area contributed by atoms with E-state index in [4.69, 9.17) is 4.74 Å². The van der Waals surface area contributed by atoms with E-state index in [-0.39, 0.29) is 23.9 Å². The molecule has 4 heterocycles. The van der Waals surface area contributed by atoms with Crippen molar-refractivity contribution in [3.05, 3.63) is 35.4 Å². The predicted octanol–water partition coefficient (Wildman–Crippen LogP) is 2.15. The molecule has 8 heteroatoms. The number of rotatable bonds is 2. The molecule has 33 heavy (non-hydrogen) atoms. The van der Waals surface area contributed by atoms with E-state index in [0.29, 0.717) is 57.8 Å². The molecule has 0 aliphatic carbocycles. The second-order valence-electron chi connectivity index (χ2n) is 9.94. The minimum Gasteiger partial charge on any atom is -0.378 e. The van der Waals surface area contributed by atoms with Crippen molar-refractivity contribution in [2.24, 2.45) is 0 Å². The van der Waals surface area contributed by atoms with Crippen LogP contribution in [0.3, 0.4) is 0 Å². The summed E-state index contributed by atoms with van der Waals surface area (Å²) in [5, 5.41) is 0. The third-order valence-electron chi connectivity index (χ3n) is 7.85. The zero-order valence-corrected chi connectivity index (χ0v) is 19.7. The summed E-state index contributed by atoms with van der Waals surface area (Å²) in [6.07, 6.45) is 2.24. The van der Waals surface area contributed by atoms with Crippen LogP contribution in [-0.4, -0.2) is 102 Å². The first-order valence-corrected chi connectivity index (χ1v) is 12.3. The van der Waals surface area contributed by atoms with Gasteiger partial charge in [0.25, 0.3) is 5.91 Å². The Bertz CT molecular complexity index is 930. The molecule has 0 saturated carbocycles. The lowest BCUT2D eigenvalue weighted by Crippen LogP contribution is -2.68. The van der Waals surface area contributed by atoms with Gasteiger partial charge in [0.2, 0.25) is 5.91 Å². The van der Waals surface area contributed by atoms with Crippen molar-refractivity contribution in [1.29, 1.82) is 0 Å². The van der Waals surface area contributed by atoms with Crippen LogP contribution in [0.5, 0.6) is 0 Å². The first-order valence-electron chi connectivity index (χ1n) is 12.3. The Hall–Kier alpha value is -2.61. The second-order valence-corrected chi connectivity index (χ2v) is 9.94. The molecular formula is C25H34N4O4. The maximum absolute atomic E-state index is 13.8. The number of amides is 4. The highest BCUT2D eigenvalue weighted by Gasteiger charge is 2.57. The topological polar surface area (TPSA) is 73.4 Å². The molecule has 0 bridgehead atoms. The van der Waals surface area contributed by atoms with Crippen molar-refractivity contribution in [3.63, 3.8) is 0 Å². The van der Waals surface area contributed by atoms with Crippen LogP contribution < -0.4 is 0 Å². The number of morpholine rings is 1. The van der Waals surface area contributed by atoms with E-state index >= 15 is 0 Å². The molecule has 3 saturated heterocycles. The Morgan fingerprint density at radius 1 is 0.939 bits per heavy atom. The third kappa shape index (κ3) is 3.59. The standard InChI is InChI=1S/C25H34N4O4/c1-18(2)29-22(30)20-7-4-3-6-19(20)21(23(31)26-10-5-11-26)25(29)8-12-27(13-9-25)24(32)28-14-16-33-17-15-28/h3-4,6-7,18,21H,5,8-17H2,1-2H3. The van der Waals surface area contributed by atoms with Crippen molar-refractivity contribution in [1.82, 2.24) is 19.6 Å². The number of fused-ring (bicyclic) bond motifs is 1. The summed E-state index contributed by atoms with van der Waals surface area (Å²) >= 11 is 0. The van der Waals surface area contributed by atoms with Gasteiger partial charge in [-0.05, 0) is 44.7 Å². The van der Waals surface area contributed by atoms with Crippen LogP contribution in [0, 0.1) is 0 Å². The Balaban J connectivity index is 1.49. The summed E-state index contributed by atoms with van der Waals surface area (Å²) in [5.41, 5.74) is 0.875. The number of ether oxygens (including phenoxy) is 1. The summed E-state index contributed by atoms with van der Waals surface area (Å²) in [7, 11) is 0. The molecule has 178 valence electrons. The fourth-order valence-electron chi connectivity index (χ4n) is 6.10. The molecule has 1 aromatic rings. The summed E-state index contributed by atoms with van der Waals surface area (Å²) in [6, 6.07) is 7.62. The van der Waals surface area contributed by atoms with Gasteiger partial charge in [-0.2, -0.15) is 0 Å². The van der Waals surface area contributed by atoms with E-state index in [1.165, 1.54) is 0 Å². The lowest BCUT2D eigenvalue weighted by Gasteiger charge is -2.57. The highest BCUT2D eigenvalue weighted by Crippen LogP contribution is 2.49. The number of urea groups is 1. The Kier molecular flexibility index (Phi) is 5.80. The Labute approximate surface area is 195 Å². The Morgan fingerprint density at radius 3 is 2.18 bits per heavy atom. The molecule has 1 spiro atoms. The maximum atomic E-state index is 13.8. The number of hydrogen-bond acceptors (Lipinski definition) is 4. The van der Waals surface area contributed by atoms with Gasteiger partial charge in [0, 0.05) is 50.9 Å². The van der Waals surface area contributed by atoms with Crippen molar-refractivity contribution in [3.8, 4) is 0 Å². The number of nitrogens with zero attached hydrogens (tertiary/aromatic N) is 4. The number of likely N-dealkylation sites (tertiary alicyclic amines) is 2. The van der Waals surface area contributed by atoms with Crippen LogP contribution in [0.25, 0.3) is 0 Å². The van der Waals surface area contributed by atoms with Gasteiger partial charge in [0.15, 0.2) is 0 Å². The van der Waals surface area contributed by atoms with Crippen LogP contribution in [0.15, 0.2) is 24.3 Å². The van der Waals surface area contributed by atoms with E-state index in [0.717, 1.165) is 25.1 Å². The lowest BCUT2D eigenvalue weighted by atomic mass is 9.66. The summed E-state index contributed by atoms with van der Waals surface area (Å²) in [4.78, 5) is 48.3. The highest BCUT2D eigenvalue weighted by atomic mass is 16.5. The first kappa shape index (κ1) is 22.2. The molecule has 1 atom stereocenters. The van der Waals surface area contributed by atoms with Crippen molar-refractivity contribution in [2.75, 3.05) is 52.5 Å². The molecule has 0 aromatic heterocycles. The first-order chi connectivity index (χ1) is 15.9. The largest absolute Gasteiger partial charge is 0.378 e. The van der Waals surface area contributed by atoms with Crippen LogP contribution in [0.4, 0.5) is 4.79 Å². The average Bonchev–Trinajstić information content (AvgIpc) is 2.78.